The van der Waals surface area contributed by atoms with Crippen molar-refractivity contribution in [1.82, 2.24) is 0 Å². The molecule has 1 aliphatic heterocycles. The van der Waals surface area contributed by atoms with Crippen molar-refractivity contribution >= 4 is 21.4 Å². The lowest BCUT2D eigenvalue weighted by Gasteiger charge is -2.31. The van der Waals surface area contributed by atoms with Gasteiger partial charge in [0, 0.05) is 18.8 Å². The predicted molar refractivity (Wildman–Crippen MR) is 116 cm³/mol. The van der Waals surface area contributed by atoms with Gasteiger partial charge in [-0.15, -0.1) is 0 Å². The number of aryl methyl sites for hydroxylation is 1. The highest BCUT2D eigenvalue weighted by Gasteiger charge is 2.20. The van der Waals surface area contributed by atoms with Gasteiger partial charge < -0.3 is 9.64 Å². The molecule has 0 spiro atoms. The Hall–Kier alpha value is -2.21. The van der Waals surface area contributed by atoms with Crippen LogP contribution in [0, 0.1) is 0 Å². The summed E-state index contributed by atoms with van der Waals surface area (Å²) in [5.41, 5.74) is 3.06. The fraction of sp³-hybridized carbons (Fsp3) is 0.455. The van der Waals surface area contributed by atoms with Crippen molar-refractivity contribution in [3.05, 3.63) is 48.0 Å². The van der Waals surface area contributed by atoms with Crippen LogP contribution in [0.4, 0.5) is 11.4 Å². The van der Waals surface area contributed by atoms with Gasteiger partial charge in [0.1, 0.15) is 5.75 Å². The van der Waals surface area contributed by atoms with Crippen LogP contribution < -0.4 is 14.4 Å². The number of fused-ring (bicyclic) bond motifs is 1. The molecule has 0 atom stereocenters. The third-order valence-electron chi connectivity index (χ3n) is 5.03. The molecule has 0 aromatic heterocycles. The number of benzene rings is 2. The zero-order valence-corrected chi connectivity index (χ0v) is 17.6. The molecule has 0 saturated heterocycles. The number of unbranched alkanes of at least 4 members (excludes halogenated alkanes) is 2. The van der Waals surface area contributed by atoms with Gasteiger partial charge in [-0.25, -0.2) is 8.42 Å². The number of nitrogens with one attached hydrogen (secondary N) is 1. The molecule has 0 aliphatic carbocycles. The van der Waals surface area contributed by atoms with E-state index in [1.165, 1.54) is 11.3 Å². The molecule has 152 valence electrons. The van der Waals surface area contributed by atoms with Crippen LogP contribution in [-0.2, 0) is 16.4 Å². The number of rotatable bonds is 9. The largest absolute Gasteiger partial charge is 0.455 e. The second-order valence-corrected chi connectivity index (χ2v) is 9.04. The highest BCUT2D eigenvalue weighted by atomic mass is 32.2. The first-order valence-electron chi connectivity index (χ1n) is 10.2. The average molecular weight is 403 g/mol. The molecule has 1 heterocycles. The number of sulfonamides is 1. The van der Waals surface area contributed by atoms with Crippen LogP contribution in [0.2, 0.25) is 0 Å². The Morgan fingerprint density at radius 1 is 1.07 bits per heavy atom. The number of ether oxygens (including phenoxy) is 1. The first kappa shape index (κ1) is 20.5. The van der Waals surface area contributed by atoms with E-state index < -0.39 is 10.0 Å². The Kier molecular flexibility index (Phi) is 6.83. The van der Waals surface area contributed by atoms with Crippen molar-refractivity contribution in [1.29, 1.82) is 0 Å². The lowest BCUT2D eigenvalue weighted by molar-refractivity contribution is 0.478. The van der Waals surface area contributed by atoms with Crippen LogP contribution in [0.3, 0.4) is 0 Å². The van der Waals surface area contributed by atoms with Crippen LogP contribution in [0.5, 0.6) is 11.5 Å². The molecule has 1 N–H and O–H groups in total. The summed E-state index contributed by atoms with van der Waals surface area (Å²) in [4.78, 5) is 2.35. The molecule has 1 aliphatic rings. The summed E-state index contributed by atoms with van der Waals surface area (Å²) in [6.45, 7) is 6.21. The van der Waals surface area contributed by atoms with E-state index in [9.17, 15) is 8.42 Å². The first-order valence-corrected chi connectivity index (χ1v) is 11.8. The van der Waals surface area contributed by atoms with Gasteiger partial charge >= 0.3 is 0 Å². The van der Waals surface area contributed by atoms with E-state index in [1.807, 2.05) is 24.3 Å². The normalized spacial score (nSPS) is 13.9. The van der Waals surface area contributed by atoms with Gasteiger partial charge in [-0.1, -0.05) is 31.9 Å². The SMILES string of the molecule is CCCCCS(=O)(=O)Nc1ccc(Oc2cccc3c2N(CC)CCC3)cc1. The molecule has 6 heteroatoms. The van der Waals surface area contributed by atoms with Crippen molar-refractivity contribution in [2.75, 3.05) is 28.5 Å². The summed E-state index contributed by atoms with van der Waals surface area (Å²) < 4.78 is 33.1. The molecule has 0 radical (unpaired) electrons. The molecular formula is C22H30N2O3S. The summed E-state index contributed by atoms with van der Waals surface area (Å²) >= 11 is 0. The summed E-state index contributed by atoms with van der Waals surface area (Å²) in [5.74, 6) is 1.71. The minimum absolute atomic E-state index is 0.155. The minimum Gasteiger partial charge on any atom is -0.455 e. The van der Waals surface area contributed by atoms with E-state index in [0.717, 1.165) is 44.5 Å². The minimum atomic E-state index is -3.30. The quantitative estimate of drug-likeness (QED) is 0.587. The van der Waals surface area contributed by atoms with Crippen LogP contribution in [0.15, 0.2) is 42.5 Å². The van der Waals surface area contributed by atoms with Crippen LogP contribution >= 0.6 is 0 Å². The van der Waals surface area contributed by atoms with Crippen LogP contribution in [-0.4, -0.2) is 27.3 Å². The Bertz CT molecular complexity index is 879. The molecule has 2 aromatic carbocycles. The maximum absolute atomic E-state index is 12.1. The molecule has 0 unspecified atom stereocenters. The van der Waals surface area contributed by atoms with Crippen molar-refractivity contribution in [3.8, 4) is 11.5 Å². The zero-order chi connectivity index (χ0) is 20.0. The summed E-state index contributed by atoms with van der Waals surface area (Å²) in [5, 5.41) is 0. The topological polar surface area (TPSA) is 58.6 Å². The maximum atomic E-state index is 12.1. The third-order valence-corrected chi connectivity index (χ3v) is 6.40. The van der Waals surface area contributed by atoms with E-state index in [2.05, 4.69) is 29.5 Å². The monoisotopic (exact) mass is 402 g/mol. The van der Waals surface area contributed by atoms with Crippen molar-refractivity contribution in [2.45, 2.75) is 46.0 Å². The Morgan fingerprint density at radius 3 is 2.57 bits per heavy atom. The van der Waals surface area contributed by atoms with Crippen molar-refractivity contribution in [3.63, 3.8) is 0 Å². The van der Waals surface area contributed by atoms with Crippen molar-refractivity contribution < 1.29 is 13.2 Å². The Balaban J connectivity index is 1.70. The van der Waals surface area contributed by atoms with E-state index in [1.54, 1.807) is 12.1 Å². The fourth-order valence-corrected chi connectivity index (χ4v) is 4.77. The molecule has 0 saturated carbocycles. The zero-order valence-electron chi connectivity index (χ0n) is 16.8. The second-order valence-electron chi connectivity index (χ2n) is 7.20. The molecular weight excluding hydrogens is 372 g/mol. The molecule has 28 heavy (non-hydrogen) atoms. The summed E-state index contributed by atoms with van der Waals surface area (Å²) in [7, 11) is -3.30. The molecule has 0 fully saturated rings. The fourth-order valence-electron chi connectivity index (χ4n) is 3.59. The number of hydrogen-bond donors (Lipinski definition) is 1. The number of anilines is 2. The van der Waals surface area contributed by atoms with Gasteiger partial charge in [0.15, 0.2) is 5.75 Å². The highest BCUT2D eigenvalue weighted by molar-refractivity contribution is 7.92. The van der Waals surface area contributed by atoms with Crippen molar-refractivity contribution in [2.24, 2.45) is 0 Å². The maximum Gasteiger partial charge on any atom is 0.232 e. The average Bonchev–Trinajstić information content (AvgIpc) is 2.69. The predicted octanol–water partition coefficient (Wildman–Crippen LogP) is 5.18. The van der Waals surface area contributed by atoms with Gasteiger partial charge in [-0.3, -0.25) is 4.72 Å². The summed E-state index contributed by atoms with van der Waals surface area (Å²) in [6.07, 6.45) is 4.84. The third kappa shape index (κ3) is 5.19. The van der Waals surface area contributed by atoms with E-state index >= 15 is 0 Å². The van der Waals surface area contributed by atoms with E-state index in [-0.39, 0.29) is 5.75 Å². The Morgan fingerprint density at radius 2 is 1.86 bits per heavy atom. The molecule has 2 aromatic rings. The Labute approximate surface area is 168 Å². The molecule has 5 nitrogen and oxygen atoms in total. The number of nitrogens with zero attached hydrogens (tertiary/aromatic N) is 1. The van der Waals surface area contributed by atoms with Gasteiger partial charge in [-0.05, 0) is 62.1 Å². The summed E-state index contributed by atoms with van der Waals surface area (Å²) in [6, 6.07) is 13.3. The second kappa shape index (κ2) is 9.32. The number of hydrogen-bond acceptors (Lipinski definition) is 4. The highest BCUT2D eigenvalue weighted by Crippen LogP contribution is 2.38. The van der Waals surface area contributed by atoms with Crippen LogP contribution in [0.25, 0.3) is 0 Å². The van der Waals surface area contributed by atoms with Gasteiger partial charge in [0.05, 0.1) is 11.4 Å². The van der Waals surface area contributed by atoms with E-state index in [4.69, 9.17) is 4.74 Å². The lowest BCUT2D eigenvalue weighted by atomic mass is 10.0. The molecule has 0 bridgehead atoms. The van der Waals surface area contributed by atoms with Gasteiger partial charge in [0.2, 0.25) is 10.0 Å². The molecule has 0 amide bonds. The van der Waals surface area contributed by atoms with Gasteiger partial charge in [-0.2, -0.15) is 0 Å². The smallest absolute Gasteiger partial charge is 0.232 e. The standard InChI is InChI=1S/C22H30N2O3S/c1-3-5-6-17-28(25,26)23-19-12-14-20(15-13-19)27-21-11-7-9-18-10-8-16-24(4-2)22(18)21/h7,9,11-15,23H,3-6,8,10,16-17H2,1-2H3. The van der Waals surface area contributed by atoms with Crippen LogP contribution in [0.1, 0.15) is 45.1 Å². The first-order chi connectivity index (χ1) is 13.5. The van der Waals surface area contributed by atoms with E-state index in [0.29, 0.717) is 17.9 Å². The number of para-hydroxylation sites is 1. The molecule has 3 rings (SSSR count). The van der Waals surface area contributed by atoms with Gasteiger partial charge in [0.25, 0.3) is 0 Å². The lowest BCUT2D eigenvalue weighted by Crippen LogP contribution is -2.29.